The van der Waals surface area contributed by atoms with Crippen LogP contribution in [0.25, 0.3) is 0 Å². The number of aromatic nitrogens is 1. The first-order valence-electron chi connectivity index (χ1n) is 7.69. The minimum atomic E-state index is 0.609. The average Bonchev–Trinajstić information content (AvgIpc) is 2.85. The number of anilines is 1. The number of methoxy groups -OCH3 is 1. The normalized spacial score (nSPS) is 22.4. The van der Waals surface area contributed by atoms with Crippen LogP contribution in [0.3, 0.4) is 0 Å². The van der Waals surface area contributed by atoms with E-state index in [2.05, 4.69) is 41.2 Å². The lowest BCUT2D eigenvalue weighted by atomic mass is 10.1. The average molecular weight is 277 g/mol. The van der Waals surface area contributed by atoms with Crippen molar-refractivity contribution in [2.45, 2.75) is 51.7 Å². The second-order valence-corrected chi connectivity index (χ2v) is 5.59. The second-order valence-electron chi connectivity index (χ2n) is 5.59. The van der Waals surface area contributed by atoms with Crippen molar-refractivity contribution in [2.75, 3.05) is 25.2 Å². The Kier molecular flexibility index (Phi) is 5.80. The molecule has 1 aromatic heterocycles. The summed E-state index contributed by atoms with van der Waals surface area (Å²) in [6.07, 6.45) is 5.76. The zero-order chi connectivity index (χ0) is 14.4. The summed E-state index contributed by atoms with van der Waals surface area (Å²) in [5.74, 6) is 1.13. The quantitative estimate of drug-likeness (QED) is 0.777. The highest BCUT2D eigenvalue weighted by atomic mass is 16.5. The Morgan fingerprint density at radius 3 is 2.90 bits per heavy atom. The third-order valence-electron chi connectivity index (χ3n) is 4.14. The second kappa shape index (κ2) is 7.60. The molecule has 4 heteroatoms. The van der Waals surface area contributed by atoms with Gasteiger partial charge in [0.2, 0.25) is 0 Å². The predicted octanol–water partition coefficient (Wildman–Crippen LogP) is 2.58. The van der Waals surface area contributed by atoms with Crippen molar-refractivity contribution in [3.63, 3.8) is 0 Å². The molecular weight excluding hydrogens is 250 g/mol. The highest BCUT2D eigenvalue weighted by Crippen LogP contribution is 2.30. The Morgan fingerprint density at radius 1 is 1.40 bits per heavy atom. The number of nitrogens with one attached hydrogen (secondary N) is 1. The maximum Gasteiger partial charge on any atom is 0.128 e. The van der Waals surface area contributed by atoms with E-state index >= 15 is 0 Å². The molecule has 1 aromatic rings. The van der Waals surface area contributed by atoms with Gasteiger partial charge in [-0.25, -0.2) is 4.98 Å². The van der Waals surface area contributed by atoms with Gasteiger partial charge in [0.05, 0.1) is 6.61 Å². The summed E-state index contributed by atoms with van der Waals surface area (Å²) < 4.78 is 5.02. The van der Waals surface area contributed by atoms with Gasteiger partial charge in [0.15, 0.2) is 0 Å². The highest BCUT2D eigenvalue weighted by Gasteiger charge is 2.29. The number of hydrogen-bond donors (Lipinski definition) is 1. The zero-order valence-electron chi connectivity index (χ0n) is 12.9. The van der Waals surface area contributed by atoms with Crippen molar-refractivity contribution in [3.05, 3.63) is 23.9 Å². The summed E-state index contributed by atoms with van der Waals surface area (Å²) >= 11 is 0. The predicted molar refractivity (Wildman–Crippen MR) is 83.1 cm³/mol. The molecule has 2 atom stereocenters. The summed E-state index contributed by atoms with van der Waals surface area (Å²) in [5, 5.41) is 3.34. The van der Waals surface area contributed by atoms with Crippen molar-refractivity contribution in [1.82, 2.24) is 10.3 Å². The standard InChI is InChI=1S/C16H27N3O/c1-4-15-7-5-13(2)19(15)16-8-6-14(12-18-16)11-17-9-10-20-3/h6,8,12-13,15,17H,4-5,7,9-11H2,1-3H3. The fourth-order valence-electron chi connectivity index (χ4n) is 2.97. The molecule has 2 heterocycles. The molecule has 1 aliphatic rings. The van der Waals surface area contributed by atoms with Crippen molar-refractivity contribution in [2.24, 2.45) is 0 Å². The Hall–Kier alpha value is -1.13. The summed E-state index contributed by atoms with van der Waals surface area (Å²) in [5.41, 5.74) is 1.23. The molecule has 0 amide bonds. The molecule has 0 radical (unpaired) electrons. The van der Waals surface area contributed by atoms with Gasteiger partial charge in [-0.05, 0) is 37.8 Å². The summed E-state index contributed by atoms with van der Waals surface area (Å²) in [7, 11) is 1.72. The van der Waals surface area contributed by atoms with E-state index in [1.54, 1.807) is 7.11 Å². The summed E-state index contributed by atoms with van der Waals surface area (Å²) in [6.45, 7) is 7.04. The fourth-order valence-corrected chi connectivity index (χ4v) is 2.97. The van der Waals surface area contributed by atoms with E-state index < -0.39 is 0 Å². The lowest BCUT2D eigenvalue weighted by molar-refractivity contribution is 0.199. The van der Waals surface area contributed by atoms with Gasteiger partial charge < -0.3 is 15.0 Å². The van der Waals surface area contributed by atoms with Crippen LogP contribution in [-0.2, 0) is 11.3 Å². The van der Waals surface area contributed by atoms with Gasteiger partial charge in [0.25, 0.3) is 0 Å². The van der Waals surface area contributed by atoms with Crippen LogP contribution in [0, 0.1) is 0 Å². The molecular formula is C16H27N3O. The third kappa shape index (κ3) is 3.70. The maximum absolute atomic E-state index is 5.02. The molecule has 0 aliphatic carbocycles. The zero-order valence-corrected chi connectivity index (χ0v) is 12.9. The van der Waals surface area contributed by atoms with Crippen LogP contribution in [0.1, 0.15) is 38.7 Å². The van der Waals surface area contributed by atoms with E-state index in [9.17, 15) is 0 Å². The molecule has 112 valence electrons. The molecule has 1 aliphatic heterocycles. The minimum Gasteiger partial charge on any atom is -0.383 e. The van der Waals surface area contributed by atoms with Gasteiger partial charge in [0, 0.05) is 38.5 Å². The van der Waals surface area contributed by atoms with Crippen LogP contribution in [0.15, 0.2) is 18.3 Å². The van der Waals surface area contributed by atoms with E-state index in [1.165, 1.54) is 24.8 Å². The van der Waals surface area contributed by atoms with E-state index in [1.807, 2.05) is 6.20 Å². The van der Waals surface area contributed by atoms with Crippen LogP contribution in [-0.4, -0.2) is 37.3 Å². The van der Waals surface area contributed by atoms with Gasteiger partial charge in [-0.15, -0.1) is 0 Å². The summed E-state index contributed by atoms with van der Waals surface area (Å²) in [4.78, 5) is 7.15. The Balaban J connectivity index is 1.93. The van der Waals surface area contributed by atoms with Crippen molar-refractivity contribution < 1.29 is 4.74 Å². The van der Waals surface area contributed by atoms with Gasteiger partial charge in [-0.1, -0.05) is 13.0 Å². The molecule has 20 heavy (non-hydrogen) atoms. The van der Waals surface area contributed by atoms with E-state index in [-0.39, 0.29) is 0 Å². The Bertz CT molecular complexity index is 393. The number of rotatable bonds is 7. The lowest BCUT2D eigenvalue weighted by Crippen LogP contribution is -2.34. The van der Waals surface area contributed by atoms with Crippen LogP contribution >= 0.6 is 0 Å². The molecule has 0 spiro atoms. The Morgan fingerprint density at radius 2 is 2.25 bits per heavy atom. The lowest BCUT2D eigenvalue weighted by Gasteiger charge is -2.29. The first kappa shape index (κ1) is 15.3. The van der Waals surface area contributed by atoms with Gasteiger partial charge in [0.1, 0.15) is 5.82 Å². The van der Waals surface area contributed by atoms with Gasteiger partial charge in [-0.3, -0.25) is 0 Å². The Labute approximate surface area is 122 Å². The van der Waals surface area contributed by atoms with Crippen LogP contribution in [0.4, 0.5) is 5.82 Å². The van der Waals surface area contributed by atoms with Gasteiger partial charge >= 0.3 is 0 Å². The number of hydrogen-bond acceptors (Lipinski definition) is 4. The largest absolute Gasteiger partial charge is 0.383 e. The molecule has 2 rings (SSSR count). The molecule has 1 fully saturated rings. The highest BCUT2D eigenvalue weighted by molar-refractivity contribution is 5.43. The van der Waals surface area contributed by atoms with Crippen molar-refractivity contribution in [3.8, 4) is 0 Å². The number of pyridine rings is 1. The minimum absolute atomic E-state index is 0.609. The monoisotopic (exact) mass is 277 g/mol. The van der Waals surface area contributed by atoms with Crippen LogP contribution in [0.2, 0.25) is 0 Å². The first-order chi connectivity index (χ1) is 9.76. The van der Waals surface area contributed by atoms with E-state index in [0.29, 0.717) is 12.1 Å². The maximum atomic E-state index is 5.02. The van der Waals surface area contributed by atoms with Crippen molar-refractivity contribution >= 4 is 5.82 Å². The molecule has 4 nitrogen and oxygen atoms in total. The summed E-state index contributed by atoms with van der Waals surface area (Å²) in [6, 6.07) is 5.61. The molecule has 2 unspecified atom stereocenters. The molecule has 0 aromatic carbocycles. The molecule has 0 bridgehead atoms. The molecule has 1 saturated heterocycles. The van der Waals surface area contributed by atoms with E-state index in [4.69, 9.17) is 4.74 Å². The van der Waals surface area contributed by atoms with Crippen LogP contribution in [0.5, 0.6) is 0 Å². The van der Waals surface area contributed by atoms with Gasteiger partial charge in [-0.2, -0.15) is 0 Å². The fraction of sp³-hybridized carbons (Fsp3) is 0.688. The first-order valence-corrected chi connectivity index (χ1v) is 7.69. The SMILES string of the molecule is CCC1CCC(C)N1c1ccc(CNCCOC)cn1. The molecule has 1 N–H and O–H groups in total. The van der Waals surface area contributed by atoms with E-state index in [0.717, 1.165) is 25.5 Å². The topological polar surface area (TPSA) is 37.4 Å². The molecule has 0 saturated carbocycles. The third-order valence-corrected chi connectivity index (χ3v) is 4.14. The number of nitrogens with zero attached hydrogens (tertiary/aromatic N) is 2. The smallest absolute Gasteiger partial charge is 0.128 e. The van der Waals surface area contributed by atoms with Crippen molar-refractivity contribution in [1.29, 1.82) is 0 Å². The number of ether oxygens (including phenoxy) is 1. The van der Waals surface area contributed by atoms with Crippen LogP contribution < -0.4 is 10.2 Å².